The standard InChI is InChI=1S/C11H13Cl3N2O2S.ClH/c12-7-4-9(13)11(10(14)5-7)19(17,18)16-3-1-2-8(15)6-16;/h4-5,8H,1-3,6,15H2;1H/t8-;/m1./s1. The van der Waals surface area contributed by atoms with Crippen LogP contribution in [-0.2, 0) is 10.0 Å². The zero-order chi connectivity index (χ0) is 14.2. The number of halogens is 4. The molecule has 1 fully saturated rings. The van der Waals surface area contributed by atoms with Crippen molar-refractivity contribution in [1.82, 2.24) is 4.31 Å². The summed E-state index contributed by atoms with van der Waals surface area (Å²) in [7, 11) is -3.74. The summed E-state index contributed by atoms with van der Waals surface area (Å²) in [5.74, 6) is 0. The fraction of sp³-hybridized carbons (Fsp3) is 0.455. The summed E-state index contributed by atoms with van der Waals surface area (Å²) in [4.78, 5) is -0.102. The highest BCUT2D eigenvalue weighted by atomic mass is 35.5. The highest BCUT2D eigenvalue weighted by Gasteiger charge is 2.32. The Balaban J connectivity index is 0.00000200. The van der Waals surface area contributed by atoms with E-state index in [1.165, 1.54) is 16.4 Å². The minimum Gasteiger partial charge on any atom is -0.327 e. The summed E-state index contributed by atoms with van der Waals surface area (Å²) in [5.41, 5.74) is 5.81. The van der Waals surface area contributed by atoms with E-state index in [2.05, 4.69) is 0 Å². The highest BCUT2D eigenvalue weighted by Crippen LogP contribution is 2.35. The number of piperidine rings is 1. The van der Waals surface area contributed by atoms with Gasteiger partial charge in [-0.1, -0.05) is 34.8 Å². The van der Waals surface area contributed by atoms with E-state index in [4.69, 9.17) is 40.5 Å². The SMILES string of the molecule is Cl.N[C@@H]1CCCN(S(=O)(=O)c2c(Cl)cc(Cl)cc2Cl)C1. The van der Waals surface area contributed by atoms with Gasteiger partial charge in [-0.2, -0.15) is 4.31 Å². The molecule has 9 heteroatoms. The summed E-state index contributed by atoms with van der Waals surface area (Å²) >= 11 is 17.7. The molecule has 1 aromatic carbocycles. The van der Waals surface area contributed by atoms with Gasteiger partial charge in [-0.05, 0) is 25.0 Å². The van der Waals surface area contributed by atoms with Crippen LogP contribution in [0.3, 0.4) is 0 Å². The fourth-order valence-corrected chi connectivity index (χ4v) is 5.12. The van der Waals surface area contributed by atoms with E-state index in [1.807, 2.05) is 0 Å². The van der Waals surface area contributed by atoms with E-state index >= 15 is 0 Å². The molecule has 0 radical (unpaired) electrons. The van der Waals surface area contributed by atoms with Gasteiger partial charge in [0.2, 0.25) is 10.0 Å². The van der Waals surface area contributed by atoms with E-state index in [0.717, 1.165) is 12.8 Å². The van der Waals surface area contributed by atoms with Crippen molar-refractivity contribution in [3.8, 4) is 0 Å². The molecule has 0 aliphatic carbocycles. The summed E-state index contributed by atoms with van der Waals surface area (Å²) < 4.78 is 26.4. The maximum atomic E-state index is 12.5. The molecule has 20 heavy (non-hydrogen) atoms. The molecule has 1 aromatic rings. The van der Waals surface area contributed by atoms with Gasteiger partial charge in [0.25, 0.3) is 0 Å². The Morgan fingerprint density at radius 3 is 2.25 bits per heavy atom. The topological polar surface area (TPSA) is 63.4 Å². The molecule has 1 atom stereocenters. The Labute approximate surface area is 139 Å². The van der Waals surface area contributed by atoms with Crippen molar-refractivity contribution in [2.45, 2.75) is 23.8 Å². The first-order valence-corrected chi connectivity index (χ1v) is 8.30. The Kier molecular flexibility index (Phi) is 6.41. The van der Waals surface area contributed by atoms with Crippen molar-refractivity contribution in [3.63, 3.8) is 0 Å². The van der Waals surface area contributed by atoms with E-state index in [9.17, 15) is 8.42 Å². The zero-order valence-electron chi connectivity index (χ0n) is 10.4. The van der Waals surface area contributed by atoms with Gasteiger partial charge in [0, 0.05) is 24.2 Å². The molecule has 114 valence electrons. The second-order valence-corrected chi connectivity index (χ2v) is 7.59. The first-order chi connectivity index (χ1) is 8.82. The molecule has 1 saturated heterocycles. The largest absolute Gasteiger partial charge is 0.327 e. The van der Waals surface area contributed by atoms with Crippen LogP contribution in [0.5, 0.6) is 0 Å². The molecular formula is C11H14Cl4N2O2S. The lowest BCUT2D eigenvalue weighted by Gasteiger charge is -2.30. The van der Waals surface area contributed by atoms with Crippen molar-refractivity contribution >= 4 is 57.2 Å². The molecule has 0 amide bonds. The van der Waals surface area contributed by atoms with E-state index in [1.54, 1.807) is 0 Å². The molecule has 0 unspecified atom stereocenters. The lowest BCUT2D eigenvalue weighted by Crippen LogP contribution is -2.45. The van der Waals surface area contributed by atoms with Gasteiger partial charge in [0.05, 0.1) is 10.0 Å². The van der Waals surface area contributed by atoms with Gasteiger partial charge >= 0.3 is 0 Å². The van der Waals surface area contributed by atoms with Crippen LogP contribution in [0.4, 0.5) is 0 Å². The average Bonchev–Trinajstić information content (AvgIpc) is 2.26. The number of nitrogens with two attached hydrogens (primary N) is 1. The van der Waals surface area contributed by atoms with Gasteiger partial charge in [-0.3, -0.25) is 0 Å². The third-order valence-electron chi connectivity index (χ3n) is 2.98. The highest BCUT2D eigenvalue weighted by molar-refractivity contribution is 7.89. The normalized spacial score (nSPS) is 20.5. The monoisotopic (exact) mass is 378 g/mol. The maximum Gasteiger partial charge on any atom is 0.246 e. The molecule has 2 rings (SSSR count). The van der Waals surface area contributed by atoms with Crippen molar-refractivity contribution < 1.29 is 8.42 Å². The quantitative estimate of drug-likeness (QED) is 0.858. The van der Waals surface area contributed by atoms with Gasteiger partial charge in [-0.15, -0.1) is 12.4 Å². The van der Waals surface area contributed by atoms with Crippen molar-refractivity contribution in [2.75, 3.05) is 13.1 Å². The van der Waals surface area contributed by atoms with Crippen LogP contribution in [0.25, 0.3) is 0 Å². The Morgan fingerprint density at radius 2 is 1.75 bits per heavy atom. The predicted molar refractivity (Wildman–Crippen MR) is 84.7 cm³/mol. The first-order valence-electron chi connectivity index (χ1n) is 5.72. The van der Waals surface area contributed by atoms with E-state index in [-0.39, 0.29) is 39.9 Å². The Morgan fingerprint density at radius 1 is 1.20 bits per heavy atom. The van der Waals surface area contributed by atoms with Crippen molar-refractivity contribution in [2.24, 2.45) is 5.73 Å². The van der Waals surface area contributed by atoms with Crippen LogP contribution >= 0.6 is 47.2 Å². The number of benzene rings is 1. The van der Waals surface area contributed by atoms with Crippen LogP contribution in [0.15, 0.2) is 17.0 Å². The number of nitrogens with zero attached hydrogens (tertiary/aromatic N) is 1. The summed E-state index contributed by atoms with van der Waals surface area (Å²) in [6, 6.07) is 2.57. The molecule has 0 saturated carbocycles. The number of hydrogen-bond acceptors (Lipinski definition) is 3. The second kappa shape index (κ2) is 7.01. The third kappa shape index (κ3) is 3.71. The zero-order valence-corrected chi connectivity index (χ0v) is 14.3. The summed E-state index contributed by atoms with van der Waals surface area (Å²) in [5, 5.41) is 0.345. The third-order valence-corrected chi connectivity index (χ3v) is 5.99. The second-order valence-electron chi connectivity index (χ2n) is 4.46. The molecule has 1 heterocycles. The van der Waals surface area contributed by atoms with Crippen molar-refractivity contribution in [1.29, 1.82) is 0 Å². The van der Waals surface area contributed by atoms with E-state index in [0.29, 0.717) is 11.6 Å². The molecule has 1 aliphatic rings. The Bertz CT molecular complexity index is 571. The van der Waals surface area contributed by atoms with Gasteiger partial charge in [0.1, 0.15) is 4.90 Å². The van der Waals surface area contributed by atoms with E-state index < -0.39 is 10.0 Å². The molecule has 2 N–H and O–H groups in total. The average molecular weight is 380 g/mol. The summed E-state index contributed by atoms with van der Waals surface area (Å²) in [6.45, 7) is 0.697. The van der Waals surface area contributed by atoms with Crippen LogP contribution in [-0.4, -0.2) is 31.9 Å². The van der Waals surface area contributed by atoms with Gasteiger partial charge in [-0.25, -0.2) is 8.42 Å². The number of rotatable bonds is 2. The summed E-state index contributed by atoms with van der Waals surface area (Å²) in [6.07, 6.45) is 1.54. The molecule has 4 nitrogen and oxygen atoms in total. The van der Waals surface area contributed by atoms with Crippen molar-refractivity contribution in [3.05, 3.63) is 27.2 Å². The fourth-order valence-electron chi connectivity index (χ4n) is 2.10. The lowest BCUT2D eigenvalue weighted by atomic mass is 10.1. The van der Waals surface area contributed by atoms with Crippen LogP contribution in [0.2, 0.25) is 15.1 Å². The van der Waals surface area contributed by atoms with Gasteiger partial charge in [0.15, 0.2) is 0 Å². The first kappa shape index (κ1) is 18.3. The number of sulfonamides is 1. The molecular weight excluding hydrogens is 366 g/mol. The van der Waals surface area contributed by atoms with Crippen LogP contribution in [0.1, 0.15) is 12.8 Å². The predicted octanol–water partition coefficient (Wildman–Crippen LogP) is 3.18. The minimum atomic E-state index is -3.74. The molecule has 0 aromatic heterocycles. The number of hydrogen-bond donors (Lipinski definition) is 1. The maximum absolute atomic E-state index is 12.5. The molecule has 0 spiro atoms. The lowest BCUT2D eigenvalue weighted by molar-refractivity contribution is 0.316. The smallest absolute Gasteiger partial charge is 0.246 e. The van der Waals surface area contributed by atoms with Crippen LogP contribution in [0, 0.1) is 0 Å². The van der Waals surface area contributed by atoms with Crippen LogP contribution < -0.4 is 5.73 Å². The van der Waals surface area contributed by atoms with Gasteiger partial charge < -0.3 is 5.73 Å². The molecule has 0 bridgehead atoms. The Hall–Kier alpha value is 0.250. The molecule has 1 aliphatic heterocycles. The minimum absolute atomic E-state index is 0.